The number of methoxy groups -OCH3 is 1. The third-order valence-corrected chi connectivity index (χ3v) is 3.01. The summed E-state index contributed by atoms with van der Waals surface area (Å²) < 4.78 is 18.4. The lowest BCUT2D eigenvalue weighted by Gasteiger charge is -2.06. The number of nitrogens with zero attached hydrogens (tertiary/aromatic N) is 1. The van der Waals surface area contributed by atoms with Gasteiger partial charge in [0.05, 0.1) is 12.0 Å². The number of rotatable bonds is 5. The van der Waals surface area contributed by atoms with Crippen molar-refractivity contribution in [2.45, 2.75) is 6.42 Å². The number of nitro groups is 1. The van der Waals surface area contributed by atoms with E-state index in [1.807, 2.05) is 0 Å². The molecule has 0 spiro atoms. The third-order valence-electron chi connectivity index (χ3n) is 3.01. The Morgan fingerprint density at radius 2 is 2.00 bits per heavy atom. The standard InChI is InChI=1S/C15H12FNO4/c1-21-15-9-11(6-7-13(15)17(19)20)14(18)8-10-4-2-3-5-12(10)16/h2-7,9H,8H2,1H3. The van der Waals surface area contributed by atoms with Crippen LogP contribution in [0, 0.1) is 15.9 Å². The molecule has 0 radical (unpaired) electrons. The number of ether oxygens (including phenoxy) is 1. The fourth-order valence-electron chi connectivity index (χ4n) is 1.92. The first-order valence-corrected chi connectivity index (χ1v) is 6.12. The maximum Gasteiger partial charge on any atom is 0.310 e. The first-order valence-electron chi connectivity index (χ1n) is 6.12. The second kappa shape index (κ2) is 6.13. The number of carbonyl (C=O) groups excluding carboxylic acids is 1. The summed E-state index contributed by atoms with van der Waals surface area (Å²) in [5, 5.41) is 10.8. The van der Waals surface area contributed by atoms with Gasteiger partial charge >= 0.3 is 5.69 Å². The molecule has 5 nitrogen and oxygen atoms in total. The van der Waals surface area contributed by atoms with Gasteiger partial charge in [-0.15, -0.1) is 0 Å². The van der Waals surface area contributed by atoms with E-state index < -0.39 is 10.7 Å². The van der Waals surface area contributed by atoms with E-state index in [1.165, 1.54) is 43.5 Å². The van der Waals surface area contributed by atoms with Crippen LogP contribution in [0.15, 0.2) is 42.5 Å². The Morgan fingerprint density at radius 1 is 1.29 bits per heavy atom. The summed E-state index contributed by atoms with van der Waals surface area (Å²) in [4.78, 5) is 22.3. The van der Waals surface area contributed by atoms with E-state index in [2.05, 4.69) is 0 Å². The van der Waals surface area contributed by atoms with Crippen molar-refractivity contribution in [2.24, 2.45) is 0 Å². The Labute approximate surface area is 120 Å². The smallest absolute Gasteiger partial charge is 0.310 e. The molecule has 0 heterocycles. The van der Waals surface area contributed by atoms with Crippen molar-refractivity contribution in [1.82, 2.24) is 0 Å². The van der Waals surface area contributed by atoms with E-state index in [0.29, 0.717) is 0 Å². The largest absolute Gasteiger partial charge is 0.490 e. The Hall–Kier alpha value is -2.76. The number of ketones is 1. The molecule has 0 fully saturated rings. The van der Waals surface area contributed by atoms with Crippen LogP contribution in [0.2, 0.25) is 0 Å². The summed E-state index contributed by atoms with van der Waals surface area (Å²) in [6, 6.07) is 9.81. The molecule has 2 rings (SSSR count). The van der Waals surface area contributed by atoms with Gasteiger partial charge in [0.1, 0.15) is 5.82 Å². The van der Waals surface area contributed by atoms with Crippen LogP contribution in [0.1, 0.15) is 15.9 Å². The molecule has 108 valence electrons. The van der Waals surface area contributed by atoms with Crippen LogP contribution in [0.4, 0.5) is 10.1 Å². The van der Waals surface area contributed by atoms with Crippen LogP contribution in [0.5, 0.6) is 5.75 Å². The second-order valence-electron chi connectivity index (χ2n) is 4.34. The van der Waals surface area contributed by atoms with E-state index in [0.717, 1.165) is 0 Å². The average molecular weight is 289 g/mol. The van der Waals surface area contributed by atoms with Gasteiger partial charge in [0.15, 0.2) is 11.5 Å². The van der Waals surface area contributed by atoms with Crippen molar-refractivity contribution in [3.63, 3.8) is 0 Å². The molecular formula is C15H12FNO4. The van der Waals surface area contributed by atoms with Crippen LogP contribution in [-0.2, 0) is 6.42 Å². The molecule has 6 heteroatoms. The number of benzene rings is 2. The zero-order chi connectivity index (χ0) is 15.4. The monoisotopic (exact) mass is 289 g/mol. The summed E-state index contributed by atoms with van der Waals surface area (Å²) in [7, 11) is 1.29. The van der Waals surface area contributed by atoms with Crippen LogP contribution < -0.4 is 4.74 Å². The van der Waals surface area contributed by atoms with Crippen LogP contribution in [0.3, 0.4) is 0 Å². The fraction of sp³-hybridized carbons (Fsp3) is 0.133. The molecule has 0 amide bonds. The number of hydrogen-bond donors (Lipinski definition) is 0. The first kappa shape index (κ1) is 14.6. The van der Waals surface area contributed by atoms with Crippen molar-refractivity contribution in [1.29, 1.82) is 0 Å². The van der Waals surface area contributed by atoms with Crippen LogP contribution >= 0.6 is 0 Å². The zero-order valence-corrected chi connectivity index (χ0v) is 11.2. The molecule has 0 unspecified atom stereocenters. The molecule has 0 saturated carbocycles. The summed E-state index contributed by atoms with van der Waals surface area (Å²) in [5.74, 6) is -0.799. The molecule has 0 aromatic heterocycles. The number of halogens is 1. The van der Waals surface area contributed by atoms with Gasteiger partial charge in [0.25, 0.3) is 0 Å². The van der Waals surface area contributed by atoms with Gasteiger partial charge in [0.2, 0.25) is 0 Å². The molecule has 2 aromatic rings. The number of carbonyl (C=O) groups is 1. The topological polar surface area (TPSA) is 69.4 Å². The van der Waals surface area contributed by atoms with Gasteiger partial charge in [-0.05, 0) is 23.8 Å². The molecule has 0 aliphatic heterocycles. The Morgan fingerprint density at radius 3 is 2.62 bits per heavy atom. The second-order valence-corrected chi connectivity index (χ2v) is 4.34. The molecule has 21 heavy (non-hydrogen) atoms. The van der Waals surface area contributed by atoms with Crippen molar-refractivity contribution in [3.8, 4) is 5.75 Å². The van der Waals surface area contributed by atoms with Crippen LogP contribution in [0.25, 0.3) is 0 Å². The first-order chi connectivity index (χ1) is 10.0. The molecule has 0 N–H and O–H groups in total. The van der Waals surface area contributed by atoms with Crippen LogP contribution in [-0.4, -0.2) is 17.8 Å². The van der Waals surface area contributed by atoms with Crippen molar-refractivity contribution >= 4 is 11.5 Å². The van der Waals surface area contributed by atoms with Crippen molar-refractivity contribution in [3.05, 3.63) is 69.5 Å². The number of hydrogen-bond acceptors (Lipinski definition) is 4. The van der Waals surface area contributed by atoms with Gasteiger partial charge in [-0.3, -0.25) is 14.9 Å². The molecule has 0 atom stereocenters. The number of Topliss-reactive ketones (excluding diaryl/α,β-unsaturated/α-hetero) is 1. The number of nitro benzene ring substituents is 1. The minimum absolute atomic E-state index is 0.000571. The molecule has 0 aliphatic rings. The van der Waals surface area contributed by atoms with E-state index in [4.69, 9.17) is 4.74 Å². The van der Waals surface area contributed by atoms with E-state index in [9.17, 15) is 19.3 Å². The normalized spacial score (nSPS) is 10.2. The van der Waals surface area contributed by atoms with Gasteiger partial charge in [0, 0.05) is 18.1 Å². The predicted molar refractivity (Wildman–Crippen MR) is 74.1 cm³/mol. The van der Waals surface area contributed by atoms with E-state index in [1.54, 1.807) is 6.07 Å². The lowest BCUT2D eigenvalue weighted by molar-refractivity contribution is -0.385. The molecule has 0 bridgehead atoms. The summed E-state index contributed by atoms with van der Waals surface area (Å²) in [6.07, 6.45) is -0.117. The Kier molecular flexibility index (Phi) is 4.27. The molecule has 0 aliphatic carbocycles. The summed E-state index contributed by atoms with van der Waals surface area (Å²) in [6.45, 7) is 0. The van der Waals surface area contributed by atoms with Crippen molar-refractivity contribution < 1.29 is 18.8 Å². The van der Waals surface area contributed by atoms with Gasteiger partial charge in [-0.25, -0.2) is 4.39 Å². The highest BCUT2D eigenvalue weighted by Gasteiger charge is 2.18. The van der Waals surface area contributed by atoms with Gasteiger partial charge in [-0.2, -0.15) is 0 Å². The minimum Gasteiger partial charge on any atom is -0.490 e. The molecule has 2 aromatic carbocycles. The molecule has 0 saturated heterocycles. The zero-order valence-electron chi connectivity index (χ0n) is 11.2. The summed E-state index contributed by atoms with van der Waals surface area (Å²) in [5.41, 5.74) is 0.292. The fourth-order valence-corrected chi connectivity index (χ4v) is 1.92. The van der Waals surface area contributed by atoms with Gasteiger partial charge < -0.3 is 4.74 Å². The Balaban J connectivity index is 2.28. The highest BCUT2D eigenvalue weighted by Crippen LogP contribution is 2.28. The highest BCUT2D eigenvalue weighted by molar-refractivity contribution is 5.98. The lowest BCUT2D eigenvalue weighted by atomic mass is 10.0. The van der Waals surface area contributed by atoms with Gasteiger partial charge in [-0.1, -0.05) is 18.2 Å². The minimum atomic E-state index is -0.593. The predicted octanol–water partition coefficient (Wildman–Crippen LogP) is 3.17. The van der Waals surface area contributed by atoms with Crippen molar-refractivity contribution in [2.75, 3.05) is 7.11 Å². The SMILES string of the molecule is COc1cc(C(=O)Cc2ccccc2F)ccc1[N+](=O)[O-]. The van der Waals surface area contributed by atoms with E-state index in [-0.39, 0.29) is 34.8 Å². The average Bonchev–Trinajstić information content (AvgIpc) is 2.48. The van der Waals surface area contributed by atoms with E-state index >= 15 is 0 Å². The Bertz CT molecular complexity index is 700. The maximum atomic E-state index is 13.5. The highest BCUT2D eigenvalue weighted by atomic mass is 19.1. The third kappa shape index (κ3) is 3.22. The molecular weight excluding hydrogens is 277 g/mol. The quantitative estimate of drug-likeness (QED) is 0.481. The summed E-state index contributed by atoms with van der Waals surface area (Å²) >= 11 is 0. The maximum absolute atomic E-state index is 13.5. The lowest BCUT2D eigenvalue weighted by Crippen LogP contribution is -2.06.